The molecule has 0 radical (unpaired) electrons. The molecule has 2 rings (SSSR count). The molecule has 0 spiro atoms. The van der Waals surface area contributed by atoms with Gasteiger partial charge in [-0.1, -0.05) is 25.5 Å². The first-order valence-electron chi connectivity index (χ1n) is 8.32. The molecule has 0 saturated carbocycles. The summed E-state index contributed by atoms with van der Waals surface area (Å²) in [7, 11) is 0. The van der Waals surface area contributed by atoms with Gasteiger partial charge in [-0.25, -0.2) is 4.39 Å². The van der Waals surface area contributed by atoms with E-state index in [1.165, 1.54) is 12.1 Å². The van der Waals surface area contributed by atoms with Gasteiger partial charge in [0.2, 0.25) is 5.91 Å². The molecule has 1 aliphatic heterocycles. The second-order valence-corrected chi connectivity index (χ2v) is 6.46. The smallest absolute Gasteiger partial charge is 0.314 e. The normalized spacial score (nSPS) is 24.0. The number of hydrogen-bond acceptors (Lipinski definition) is 3. The van der Waals surface area contributed by atoms with Gasteiger partial charge in [0, 0.05) is 19.5 Å². The largest absolute Gasteiger partial charge is 0.481 e. The van der Waals surface area contributed by atoms with Crippen molar-refractivity contribution in [2.24, 2.45) is 5.41 Å². The maximum Gasteiger partial charge on any atom is 0.314 e. The minimum absolute atomic E-state index is 0.0413. The lowest BCUT2D eigenvalue weighted by Gasteiger charge is -2.43. The van der Waals surface area contributed by atoms with Gasteiger partial charge in [0.05, 0.1) is 6.10 Å². The van der Waals surface area contributed by atoms with Crippen molar-refractivity contribution in [2.45, 2.75) is 45.1 Å². The Labute approximate surface area is 141 Å². The molecule has 1 aromatic rings. The number of aryl methyl sites for hydroxylation is 1. The van der Waals surface area contributed by atoms with E-state index >= 15 is 0 Å². The Balaban J connectivity index is 2.01. The number of piperidine rings is 1. The standard InChI is InChI=1S/C18H24FNO4/c1-2-10-18(17(23)24)12-20(11-9-15(18)21)16(22)8-5-13-3-6-14(19)7-4-13/h3-4,6-7,15,21H,2,5,8-12H2,1H3,(H,23,24)/t15-,18+/m0/s1. The highest BCUT2D eigenvalue weighted by molar-refractivity contribution is 5.80. The molecule has 0 aliphatic carbocycles. The van der Waals surface area contributed by atoms with Crippen molar-refractivity contribution in [1.29, 1.82) is 0 Å². The molecule has 1 heterocycles. The second-order valence-electron chi connectivity index (χ2n) is 6.46. The molecule has 5 nitrogen and oxygen atoms in total. The monoisotopic (exact) mass is 337 g/mol. The summed E-state index contributed by atoms with van der Waals surface area (Å²) < 4.78 is 12.9. The summed E-state index contributed by atoms with van der Waals surface area (Å²) in [5.74, 6) is -1.50. The molecule has 1 aliphatic rings. The van der Waals surface area contributed by atoms with Gasteiger partial charge < -0.3 is 15.1 Å². The third-order valence-corrected chi connectivity index (χ3v) is 4.80. The third kappa shape index (κ3) is 3.93. The Bertz CT molecular complexity index is 589. The van der Waals surface area contributed by atoms with Crippen molar-refractivity contribution >= 4 is 11.9 Å². The Kier molecular flexibility index (Phi) is 5.94. The molecule has 24 heavy (non-hydrogen) atoms. The van der Waals surface area contributed by atoms with Crippen molar-refractivity contribution < 1.29 is 24.2 Å². The highest BCUT2D eigenvalue weighted by atomic mass is 19.1. The second kappa shape index (κ2) is 7.75. The minimum Gasteiger partial charge on any atom is -0.481 e. The van der Waals surface area contributed by atoms with Crippen molar-refractivity contribution in [1.82, 2.24) is 4.90 Å². The van der Waals surface area contributed by atoms with Gasteiger partial charge in [-0.3, -0.25) is 9.59 Å². The Morgan fingerprint density at radius 2 is 2.00 bits per heavy atom. The maximum atomic E-state index is 12.9. The van der Waals surface area contributed by atoms with Crippen LogP contribution in [0.4, 0.5) is 4.39 Å². The summed E-state index contributed by atoms with van der Waals surface area (Å²) in [4.78, 5) is 25.7. The molecular weight excluding hydrogens is 313 g/mol. The third-order valence-electron chi connectivity index (χ3n) is 4.80. The molecule has 0 bridgehead atoms. The summed E-state index contributed by atoms with van der Waals surface area (Å²) in [6.45, 7) is 2.27. The van der Waals surface area contributed by atoms with Crippen LogP contribution in [-0.2, 0) is 16.0 Å². The summed E-state index contributed by atoms with van der Waals surface area (Å²) in [5, 5.41) is 19.8. The molecule has 132 valence electrons. The molecular formula is C18H24FNO4. The number of nitrogens with zero attached hydrogens (tertiary/aromatic N) is 1. The number of amides is 1. The van der Waals surface area contributed by atoms with Gasteiger partial charge >= 0.3 is 5.97 Å². The molecule has 1 aromatic carbocycles. The number of likely N-dealkylation sites (tertiary alicyclic amines) is 1. The predicted molar refractivity (Wildman–Crippen MR) is 86.9 cm³/mol. The molecule has 1 amide bonds. The number of aliphatic hydroxyl groups excluding tert-OH is 1. The number of rotatable bonds is 6. The SMILES string of the molecule is CCC[C@@]1(C(=O)O)CN(C(=O)CCc2ccc(F)cc2)CC[C@@H]1O. The summed E-state index contributed by atoms with van der Waals surface area (Å²) in [5.41, 5.74) is -0.418. The molecule has 2 atom stereocenters. The van der Waals surface area contributed by atoms with E-state index in [9.17, 15) is 24.2 Å². The first kappa shape index (κ1) is 18.4. The number of hydrogen-bond donors (Lipinski definition) is 2. The van der Waals surface area contributed by atoms with Gasteiger partial charge in [0.1, 0.15) is 11.2 Å². The van der Waals surface area contributed by atoms with Crippen LogP contribution in [-0.4, -0.2) is 46.2 Å². The number of carbonyl (C=O) groups is 2. The minimum atomic E-state index is -1.28. The average Bonchev–Trinajstić information content (AvgIpc) is 2.56. The Morgan fingerprint density at radius 3 is 2.58 bits per heavy atom. The Morgan fingerprint density at radius 1 is 1.33 bits per heavy atom. The number of carbonyl (C=O) groups excluding carboxylic acids is 1. The summed E-state index contributed by atoms with van der Waals surface area (Å²) in [6.07, 6.45) is 1.02. The van der Waals surface area contributed by atoms with E-state index < -0.39 is 17.5 Å². The lowest BCUT2D eigenvalue weighted by atomic mass is 9.74. The van der Waals surface area contributed by atoms with Crippen molar-refractivity contribution in [3.8, 4) is 0 Å². The van der Waals surface area contributed by atoms with E-state index in [1.807, 2.05) is 6.92 Å². The van der Waals surface area contributed by atoms with E-state index in [0.29, 0.717) is 25.8 Å². The predicted octanol–water partition coefficient (Wildman–Crippen LogP) is 2.22. The fourth-order valence-corrected chi connectivity index (χ4v) is 3.36. The number of aliphatic carboxylic acids is 1. The van der Waals surface area contributed by atoms with Crippen molar-refractivity contribution in [3.05, 3.63) is 35.6 Å². The zero-order valence-electron chi connectivity index (χ0n) is 13.9. The fraction of sp³-hybridized carbons (Fsp3) is 0.556. The quantitative estimate of drug-likeness (QED) is 0.834. The molecule has 1 saturated heterocycles. The fourth-order valence-electron chi connectivity index (χ4n) is 3.36. The molecule has 0 unspecified atom stereocenters. The number of aliphatic hydroxyl groups is 1. The highest BCUT2D eigenvalue weighted by Crippen LogP contribution is 2.35. The highest BCUT2D eigenvalue weighted by Gasteiger charge is 2.49. The molecule has 0 aromatic heterocycles. The lowest BCUT2D eigenvalue weighted by Crippen LogP contribution is -2.57. The van der Waals surface area contributed by atoms with Crippen LogP contribution in [0, 0.1) is 11.2 Å². The first-order valence-corrected chi connectivity index (χ1v) is 8.32. The van der Waals surface area contributed by atoms with Crippen LogP contribution in [0.3, 0.4) is 0 Å². The van der Waals surface area contributed by atoms with Gasteiger partial charge in [-0.05, 0) is 37.0 Å². The van der Waals surface area contributed by atoms with Crippen LogP contribution in [0.5, 0.6) is 0 Å². The summed E-state index contributed by atoms with van der Waals surface area (Å²) in [6, 6.07) is 5.99. The van der Waals surface area contributed by atoms with Gasteiger partial charge in [-0.2, -0.15) is 0 Å². The van der Waals surface area contributed by atoms with Crippen LogP contribution in [0.25, 0.3) is 0 Å². The van der Waals surface area contributed by atoms with Crippen LogP contribution >= 0.6 is 0 Å². The van der Waals surface area contributed by atoms with Crippen LogP contribution in [0.1, 0.15) is 38.2 Å². The zero-order valence-corrected chi connectivity index (χ0v) is 13.9. The Hall–Kier alpha value is -1.95. The van der Waals surface area contributed by atoms with Crippen LogP contribution in [0.2, 0.25) is 0 Å². The molecule has 1 fully saturated rings. The molecule has 2 N–H and O–H groups in total. The number of benzene rings is 1. The van der Waals surface area contributed by atoms with Gasteiger partial charge in [-0.15, -0.1) is 0 Å². The number of carboxylic acids is 1. The zero-order chi connectivity index (χ0) is 17.7. The topological polar surface area (TPSA) is 77.8 Å². The lowest BCUT2D eigenvalue weighted by molar-refractivity contribution is -0.166. The van der Waals surface area contributed by atoms with E-state index in [2.05, 4.69) is 0 Å². The van der Waals surface area contributed by atoms with E-state index in [-0.39, 0.29) is 31.1 Å². The summed E-state index contributed by atoms with van der Waals surface area (Å²) >= 11 is 0. The number of halogens is 1. The average molecular weight is 337 g/mol. The van der Waals surface area contributed by atoms with E-state index in [0.717, 1.165) is 5.56 Å². The molecule has 6 heteroatoms. The van der Waals surface area contributed by atoms with Crippen molar-refractivity contribution in [2.75, 3.05) is 13.1 Å². The first-order chi connectivity index (χ1) is 11.4. The van der Waals surface area contributed by atoms with E-state index in [1.54, 1.807) is 17.0 Å². The van der Waals surface area contributed by atoms with E-state index in [4.69, 9.17) is 0 Å². The van der Waals surface area contributed by atoms with Crippen molar-refractivity contribution in [3.63, 3.8) is 0 Å². The van der Waals surface area contributed by atoms with Gasteiger partial charge in [0.25, 0.3) is 0 Å². The number of carboxylic acid groups (broad SMARTS) is 1. The maximum absolute atomic E-state index is 12.9. The van der Waals surface area contributed by atoms with Gasteiger partial charge in [0.15, 0.2) is 0 Å². The van der Waals surface area contributed by atoms with Crippen LogP contribution < -0.4 is 0 Å². The van der Waals surface area contributed by atoms with Crippen LogP contribution in [0.15, 0.2) is 24.3 Å².